The van der Waals surface area contributed by atoms with Crippen LogP contribution in [0.25, 0.3) is 0 Å². The van der Waals surface area contributed by atoms with Gasteiger partial charge in [-0.15, -0.1) is 0 Å². The first kappa shape index (κ1) is 12.7. The molecule has 1 atom stereocenters. The molecule has 0 aliphatic heterocycles. The van der Waals surface area contributed by atoms with Crippen LogP contribution in [-0.2, 0) is 11.3 Å². The third kappa shape index (κ3) is 2.83. The molecule has 3 nitrogen and oxygen atoms in total. The summed E-state index contributed by atoms with van der Waals surface area (Å²) in [7, 11) is 1.81. The molecule has 3 heteroatoms. The lowest BCUT2D eigenvalue weighted by molar-refractivity contribution is -0.121. The first-order chi connectivity index (χ1) is 7.60. The third-order valence-electron chi connectivity index (χ3n) is 2.92. The average Bonchev–Trinajstić information content (AvgIpc) is 2.36. The fraction of sp³-hybridized carbons (Fsp3) is 0.462. The van der Waals surface area contributed by atoms with Crippen molar-refractivity contribution in [2.45, 2.75) is 26.8 Å². The minimum absolute atomic E-state index is 0.0687. The largest absolute Gasteiger partial charge is 0.326 e. The second-order valence-electron chi connectivity index (χ2n) is 4.08. The summed E-state index contributed by atoms with van der Waals surface area (Å²) in [5.41, 5.74) is 7.52. The molecule has 1 amide bonds. The van der Waals surface area contributed by atoms with Gasteiger partial charge in [0.2, 0.25) is 5.91 Å². The Morgan fingerprint density at radius 3 is 2.38 bits per heavy atom. The molecule has 1 aromatic rings. The number of nitrogens with two attached hydrogens (primary N) is 1. The highest BCUT2D eigenvalue weighted by Crippen LogP contribution is 2.17. The highest BCUT2D eigenvalue weighted by atomic mass is 16.2. The number of rotatable bonds is 4. The Bertz CT molecular complexity index is 345. The number of amides is 1. The fourth-order valence-electron chi connectivity index (χ4n) is 1.49. The van der Waals surface area contributed by atoms with Crippen LogP contribution in [0.15, 0.2) is 24.3 Å². The van der Waals surface area contributed by atoms with E-state index in [1.165, 1.54) is 0 Å². The van der Waals surface area contributed by atoms with E-state index < -0.39 is 0 Å². The second kappa shape index (κ2) is 5.66. The van der Waals surface area contributed by atoms with Gasteiger partial charge in [-0.25, -0.2) is 0 Å². The standard InChI is InChI=1S/C13H20N2O/c1-4-10(2)13(16)15(3)12-7-5-11(9-14)6-8-12/h5-8,10H,4,9,14H2,1-3H3. The Kier molecular flexibility index (Phi) is 4.50. The minimum Gasteiger partial charge on any atom is -0.326 e. The van der Waals surface area contributed by atoms with E-state index in [9.17, 15) is 4.79 Å². The van der Waals surface area contributed by atoms with Gasteiger partial charge in [-0.05, 0) is 24.1 Å². The smallest absolute Gasteiger partial charge is 0.229 e. The molecular formula is C13H20N2O. The molecule has 0 spiro atoms. The van der Waals surface area contributed by atoms with Crippen molar-refractivity contribution in [1.82, 2.24) is 0 Å². The number of carbonyl (C=O) groups is 1. The summed E-state index contributed by atoms with van der Waals surface area (Å²) in [6.45, 7) is 4.50. The van der Waals surface area contributed by atoms with Crippen LogP contribution in [0, 0.1) is 5.92 Å². The predicted molar refractivity (Wildman–Crippen MR) is 67.2 cm³/mol. The van der Waals surface area contributed by atoms with E-state index in [0.29, 0.717) is 6.54 Å². The van der Waals surface area contributed by atoms with Crippen LogP contribution in [0.4, 0.5) is 5.69 Å². The number of nitrogens with zero attached hydrogens (tertiary/aromatic N) is 1. The molecule has 1 aromatic carbocycles. The molecule has 16 heavy (non-hydrogen) atoms. The molecule has 1 rings (SSSR count). The summed E-state index contributed by atoms with van der Waals surface area (Å²) in [4.78, 5) is 13.6. The molecule has 0 heterocycles. The van der Waals surface area contributed by atoms with Crippen molar-refractivity contribution in [2.75, 3.05) is 11.9 Å². The number of carbonyl (C=O) groups excluding carboxylic acids is 1. The predicted octanol–water partition coefficient (Wildman–Crippen LogP) is 2.15. The molecule has 1 unspecified atom stereocenters. The van der Waals surface area contributed by atoms with E-state index in [4.69, 9.17) is 5.73 Å². The Labute approximate surface area is 97.2 Å². The van der Waals surface area contributed by atoms with Crippen molar-refractivity contribution in [3.63, 3.8) is 0 Å². The highest BCUT2D eigenvalue weighted by molar-refractivity contribution is 5.94. The van der Waals surface area contributed by atoms with Gasteiger partial charge in [0.25, 0.3) is 0 Å². The van der Waals surface area contributed by atoms with E-state index in [1.807, 2.05) is 45.2 Å². The molecule has 0 saturated heterocycles. The van der Waals surface area contributed by atoms with Gasteiger partial charge in [-0.1, -0.05) is 26.0 Å². The summed E-state index contributed by atoms with van der Waals surface area (Å²) in [6, 6.07) is 7.77. The van der Waals surface area contributed by atoms with Crippen molar-refractivity contribution >= 4 is 11.6 Å². The van der Waals surface area contributed by atoms with Gasteiger partial charge in [-0.2, -0.15) is 0 Å². The summed E-state index contributed by atoms with van der Waals surface area (Å²) >= 11 is 0. The molecule has 0 fully saturated rings. The van der Waals surface area contributed by atoms with Crippen LogP contribution in [0.5, 0.6) is 0 Å². The normalized spacial score (nSPS) is 12.2. The third-order valence-corrected chi connectivity index (χ3v) is 2.92. The van der Waals surface area contributed by atoms with Gasteiger partial charge in [-0.3, -0.25) is 4.79 Å². The van der Waals surface area contributed by atoms with E-state index in [-0.39, 0.29) is 11.8 Å². The van der Waals surface area contributed by atoms with E-state index >= 15 is 0 Å². The van der Waals surface area contributed by atoms with Crippen LogP contribution in [0.2, 0.25) is 0 Å². The molecular weight excluding hydrogens is 200 g/mol. The van der Waals surface area contributed by atoms with E-state index in [1.54, 1.807) is 4.90 Å². The van der Waals surface area contributed by atoms with E-state index in [0.717, 1.165) is 17.7 Å². The Morgan fingerprint density at radius 1 is 1.38 bits per heavy atom. The van der Waals surface area contributed by atoms with Gasteiger partial charge in [0.05, 0.1) is 0 Å². The quantitative estimate of drug-likeness (QED) is 0.845. The summed E-state index contributed by atoms with van der Waals surface area (Å²) < 4.78 is 0. The van der Waals surface area contributed by atoms with Crippen molar-refractivity contribution in [1.29, 1.82) is 0 Å². The van der Waals surface area contributed by atoms with E-state index in [2.05, 4.69) is 0 Å². The molecule has 0 bridgehead atoms. The van der Waals surface area contributed by atoms with Gasteiger partial charge < -0.3 is 10.6 Å². The summed E-state index contributed by atoms with van der Waals surface area (Å²) in [6.07, 6.45) is 0.865. The lowest BCUT2D eigenvalue weighted by Gasteiger charge is -2.21. The lowest BCUT2D eigenvalue weighted by atomic mass is 10.1. The van der Waals surface area contributed by atoms with Gasteiger partial charge in [0.15, 0.2) is 0 Å². The summed E-state index contributed by atoms with van der Waals surface area (Å²) in [5.74, 6) is 0.224. The van der Waals surface area contributed by atoms with Crippen LogP contribution < -0.4 is 10.6 Å². The molecule has 0 radical (unpaired) electrons. The van der Waals surface area contributed by atoms with Crippen molar-refractivity contribution < 1.29 is 4.79 Å². The SMILES string of the molecule is CCC(C)C(=O)N(C)c1ccc(CN)cc1. The fourth-order valence-corrected chi connectivity index (χ4v) is 1.49. The number of hydrogen-bond donors (Lipinski definition) is 1. The topological polar surface area (TPSA) is 46.3 Å². The first-order valence-electron chi connectivity index (χ1n) is 5.66. The van der Waals surface area contributed by atoms with Gasteiger partial charge in [0, 0.05) is 25.2 Å². The van der Waals surface area contributed by atoms with Crippen molar-refractivity contribution in [2.24, 2.45) is 11.7 Å². The minimum atomic E-state index is 0.0687. The Morgan fingerprint density at radius 2 is 1.94 bits per heavy atom. The Balaban J connectivity index is 2.79. The lowest BCUT2D eigenvalue weighted by Crippen LogP contribution is -2.31. The zero-order chi connectivity index (χ0) is 12.1. The molecule has 2 N–H and O–H groups in total. The number of benzene rings is 1. The number of hydrogen-bond acceptors (Lipinski definition) is 2. The molecule has 88 valence electrons. The van der Waals surface area contributed by atoms with Crippen molar-refractivity contribution in [3.05, 3.63) is 29.8 Å². The van der Waals surface area contributed by atoms with Gasteiger partial charge >= 0.3 is 0 Å². The molecule has 0 aliphatic carbocycles. The van der Waals surface area contributed by atoms with Crippen LogP contribution >= 0.6 is 0 Å². The van der Waals surface area contributed by atoms with Crippen LogP contribution in [0.3, 0.4) is 0 Å². The van der Waals surface area contributed by atoms with Crippen LogP contribution in [0.1, 0.15) is 25.8 Å². The highest BCUT2D eigenvalue weighted by Gasteiger charge is 2.16. The maximum Gasteiger partial charge on any atom is 0.229 e. The van der Waals surface area contributed by atoms with Crippen molar-refractivity contribution in [3.8, 4) is 0 Å². The maximum atomic E-state index is 11.9. The average molecular weight is 220 g/mol. The second-order valence-corrected chi connectivity index (χ2v) is 4.08. The Hall–Kier alpha value is -1.35. The number of anilines is 1. The first-order valence-corrected chi connectivity index (χ1v) is 5.66. The molecule has 0 aliphatic rings. The molecule has 0 aromatic heterocycles. The molecule has 0 saturated carbocycles. The van der Waals surface area contributed by atoms with Gasteiger partial charge in [0.1, 0.15) is 0 Å². The summed E-state index contributed by atoms with van der Waals surface area (Å²) in [5, 5.41) is 0. The monoisotopic (exact) mass is 220 g/mol. The maximum absolute atomic E-state index is 11.9. The van der Waals surface area contributed by atoms with Crippen LogP contribution in [-0.4, -0.2) is 13.0 Å². The zero-order valence-electron chi connectivity index (χ0n) is 10.2. The zero-order valence-corrected chi connectivity index (χ0v) is 10.2.